The van der Waals surface area contributed by atoms with Crippen LogP contribution in [0.15, 0.2) is 0 Å². The van der Waals surface area contributed by atoms with E-state index in [1.807, 2.05) is 0 Å². The number of hydrogen-bond donors (Lipinski definition) is 0. The fourth-order valence-corrected chi connectivity index (χ4v) is 1.31. The molecular weight excluding hydrogens is 124 g/mol. The molecule has 1 saturated carbocycles. The van der Waals surface area contributed by atoms with Gasteiger partial charge in [0.05, 0.1) is 12.2 Å². The van der Waals surface area contributed by atoms with Crippen LogP contribution >= 0.6 is 0 Å². The van der Waals surface area contributed by atoms with E-state index in [4.69, 9.17) is 4.74 Å². The van der Waals surface area contributed by atoms with Gasteiger partial charge in [0.2, 0.25) is 0 Å². The average molecular weight is 142 g/mol. The van der Waals surface area contributed by atoms with Crippen LogP contribution in [0.4, 0.5) is 0 Å². The number of rotatable bonds is 4. The SMILES string of the molecule is CCCC(C)OC1CCC1. The molecule has 1 atom stereocenters. The second-order valence-electron chi connectivity index (χ2n) is 3.29. The molecule has 1 heteroatoms. The predicted molar refractivity (Wildman–Crippen MR) is 43.1 cm³/mol. The van der Waals surface area contributed by atoms with Crippen molar-refractivity contribution in [2.75, 3.05) is 0 Å². The maximum absolute atomic E-state index is 5.73. The van der Waals surface area contributed by atoms with Crippen molar-refractivity contribution in [1.29, 1.82) is 0 Å². The van der Waals surface area contributed by atoms with Gasteiger partial charge in [0.25, 0.3) is 0 Å². The molecule has 0 aromatic rings. The van der Waals surface area contributed by atoms with Crippen LogP contribution < -0.4 is 0 Å². The number of ether oxygens (including phenoxy) is 1. The molecule has 1 aliphatic rings. The molecule has 1 aliphatic carbocycles. The molecule has 1 fully saturated rings. The molecule has 0 aliphatic heterocycles. The van der Waals surface area contributed by atoms with E-state index in [0.717, 1.165) is 0 Å². The van der Waals surface area contributed by atoms with Gasteiger partial charge in [0.1, 0.15) is 0 Å². The van der Waals surface area contributed by atoms with Crippen LogP contribution in [0.2, 0.25) is 0 Å². The van der Waals surface area contributed by atoms with Crippen molar-refractivity contribution < 1.29 is 4.74 Å². The molecular formula is C9H18O. The lowest BCUT2D eigenvalue weighted by Crippen LogP contribution is -2.26. The van der Waals surface area contributed by atoms with Crippen molar-refractivity contribution in [2.24, 2.45) is 0 Å². The fourth-order valence-electron chi connectivity index (χ4n) is 1.31. The average Bonchev–Trinajstić information content (AvgIpc) is 1.80. The molecule has 1 rings (SSSR count). The van der Waals surface area contributed by atoms with E-state index in [1.165, 1.54) is 32.1 Å². The summed E-state index contributed by atoms with van der Waals surface area (Å²) in [6.45, 7) is 4.39. The van der Waals surface area contributed by atoms with E-state index in [-0.39, 0.29) is 0 Å². The molecule has 0 heterocycles. The van der Waals surface area contributed by atoms with Crippen molar-refractivity contribution >= 4 is 0 Å². The minimum atomic E-state index is 0.496. The number of hydrogen-bond acceptors (Lipinski definition) is 1. The van der Waals surface area contributed by atoms with Gasteiger partial charge in [-0.2, -0.15) is 0 Å². The smallest absolute Gasteiger partial charge is 0.0578 e. The van der Waals surface area contributed by atoms with E-state index in [0.29, 0.717) is 12.2 Å². The minimum absolute atomic E-state index is 0.496. The molecule has 0 aromatic heterocycles. The van der Waals surface area contributed by atoms with Crippen molar-refractivity contribution in [2.45, 2.75) is 58.2 Å². The first kappa shape index (κ1) is 8.06. The van der Waals surface area contributed by atoms with Crippen LogP contribution in [0.1, 0.15) is 46.0 Å². The van der Waals surface area contributed by atoms with Gasteiger partial charge in [-0.05, 0) is 32.6 Å². The second kappa shape index (κ2) is 3.97. The summed E-state index contributed by atoms with van der Waals surface area (Å²) < 4.78 is 5.73. The Kier molecular flexibility index (Phi) is 3.20. The van der Waals surface area contributed by atoms with Gasteiger partial charge in [-0.15, -0.1) is 0 Å². The fraction of sp³-hybridized carbons (Fsp3) is 1.00. The molecule has 0 spiro atoms. The maximum Gasteiger partial charge on any atom is 0.0578 e. The Balaban J connectivity index is 1.99. The van der Waals surface area contributed by atoms with Gasteiger partial charge >= 0.3 is 0 Å². The van der Waals surface area contributed by atoms with E-state index in [1.54, 1.807) is 0 Å². The Morgan fingerprint density at radius 2 is 2.20 bits per heavy atom. The highest BCUT2D eigenvalue weighted by molar-refractivity contribution is 4.70. The third kappa shape index (κ3) is 2.30. The Labute approximate surface area is 63.8 Å². The molecule has 0 amide bonds. The Bertz CT molecular complexity index is 86.7. The van der Waals surface area contributed by atoms with Gasteiger partial charge in [0.15, 0.2) is 0 Å². The zero-order valence-electron chi connectivity index (χ0n) is 7.10. The lowest BCUT2D eigenvalue weighted by molar-refractivity contribution is -0.0460. The van der Waals surface area contributed by atoms with Crippen molar-refractivity contribution in [3.63, 3.8) is 0 Å². The largest absolute Gasteiger partial charge is 0.375 e. The Hall–Kier alpha value is -0.0400. The molecule has 1 nitrogen and oxygen atoms in total. The summed E-state index contributed by atoms with van der Waals surface area (Å²) in [6, 6.07) is 0. The summed E-state index contributed by atoms with van der Waals surface area (Å²) in [4.78, 5) is 0. The summed E-state index contributed by atoms with van der Waals surface area (Å²) in [5, 5.41) is 0. The van der Waals surface area contributed by atoms with E-state index < -0.39 is 0 Å². The van der Waals surface area contributed by atoms with Crippen LogP contribution in [0, 0.1) is 0 Å². The highest BCUT2D eigenvalue weighted by Gasteiger charge is 2.19. The topological polar surface area (TPSA) is 9.23 Å². The first-order valence-electron chi connectivity index (χ1n) is 4.48. The van der Waals surface area contributed by atoms with E-state index in [9.17, 15) is 0 Å². The van der Waals surface area contributed by atoms with Crippen LogP contribution in [0.25, 0.3) is 0 Å². The van der Waals surface area contributed by atoms with Crippen LogP contribution in [-0.2, 0) is 4.74 Å². The highest BCUT2D eigenvalue weighted by Crippen LogP contribution is 2.23. The molecule has 0 N–H and O–H groups in total. The van der Waals surface area contributed by atoms with Crippen molar-refractivity contribution in [1.82, 2.24) is 0 Å². The van der Waals surface area contributed by atoms with Crippen LogP contribution in [0.3, 0.4) is 0 Å². The summed E-state index contributed by atoms with van der Waals surface area (Å²) in [5.41, 5.74) is 0. The summed E-state index contributed by atoms with van der Waals surface area (Å²) >= 11 is 0. The second-order valence-corrected chi connectivity index (χ2v) is 3.29. The van der Waals surface area contributed by atoms with E-state index >= 15 is 0 Å². The quantitative estimate of drug-likeness (QED) is 0.586. The summed E-state index contributed by atoms with van der Waals surface area (Å²) in [5.74, 6) is 0. The molecule has 0 radical (unpaired) electrons. The Morgan fingerprint density at radius 1 is 1.50 bits per heavy atom. The van der Waals surface area contributed by atoms with Crippen LogP contribution in [0.5, 0.6) is 0 Å². The van der Waals surface area contributed by atoms with Crippen LogP contribution in [-0.4, -0.2) is 12.2 Å². The molecule has 1 unspecified atom stereocenters. The molecule has 0 bridgehead atoms. The zero-order chi connectivity index (χ0) is 7.40. The minimum Gasteiger partial charge on any atom is -0.375 e. The normalized spacial score (nSPS) is 22.2. The van der Waals surface area contributed by atoms with Gasteiger partial charge in [-0.1, -0.05) is 13.3 Å². The predicted octanol–water partition coefficient (Wildman–Crippen LogP) is 2.74. The van der Waals surface area contributed by atoms with Crippen molar-refractivity contribution in [3.8, 4) is 0 Å². The molecule has 0 aromatic carbocycles. The summed E-state index contributed by atoms with van der Waals surface area (Å²) in [6.07, 6.45) is 7.55. The Morgan fingerprint density at radius 3 is 2.60 bits per heavy atom. The van der Waals surface area contributed by atoms with Gasteiger partial charge in [0, 0.05) is 0 Å². The third-order valence-corrected chi connectivity index (χ3v) is 2.17. The molecule has 10 heavy (non-hydrogen) atoms. The highest BCUT2D eigenvalue weighted by atomic mass is 16.5. The molecule has 0 saturated heterocycles. The zero-order valence-corrected chi connectivity index (χ0v) is 7.10. The lowest BCUT2D eigenvalue weighted by atomic mass is 9.96. The standard InChI is InChI=1S/C9H18O/c1-3-5-8(2)10-9-6-4-7-9/h8-9H,3-7H2,1-2H3. The third-order valence-electron chi connectivity index (χ3n) is 2.17. The van der Waals surface area contributed by atoms with Gasteiger partial charge in [-0.25, -0.2) is 0 Å². The van der Waals surface area contributed by atoms with E-state index in [2.05, 4.69) is 13.8 Å². The van der Waals surface area contributed by atoms with Gasteiger partial charge < -0.3 is 4.74 Å². The van der Waals surface area contributed by atoms with Crippen molar-refractivity contribution in [3.05, 3.63) is 0 Å². The first-order chi connectivity index (χ1) is 4.83. The van der Waals surface area contributed by atoms with Gasteiger partial charge in [-0.3, -0.25) is 0 Å². The lowest BCUT2D eigenvalue weighted by Gasteiger charge is -2.28. The first-order valence-corrected chi connectivity index (χ1v) is 4.48. The summed E-state index contributed by atoms with van der Waals surface area (Å²) in [7, 11) is 0. The monoisotopic (exact) mass is 142 g/mol. The maximum atomic E-state index is 5.73. The molecule has 60 valence electrons.